The molecular formula is C14H19FN2O2. The molecule has 0 saturated carbocycles. The Kier molecular flexibility index (Phi) is 4.74. The molecule has 104 valence electrons. The maximum absolute atomic E-state index is 13.3. The third-order valence-corrected chi connectivity index (χ3v) is 3.34. The number of ether oxygens (including phenoxy) is 1. The standard InChI is InChI=1S/C14H19FN2O2/c1-19-13-7-10(6-12(15)8-13)9-17-14(18)11-2-4-16-5-3-11/h6-8,11,16H,2-5,9H2,1H3,(H,17,18). The summed E-state index contributed by atoms with van der Waals surface area (Å²) in [4.78, 5) is 11.9. The van der Waals surface area contributed by atoms with E-state index in [-0.39, 0.29) is 17.6 Å². The molecule has 5 heteroatoms. The molecule has 0 radical (unpaired) electrons. The van der Waals surface area contributed by atoms with E-state index in [9.17, 15) is 9.18 Å². The third kappa shape index (κ3) is 3.92. The van der Waals surface area contributed by atoms with Crippen LogP contribution in [0.15, 0.2) is 18.2 Å². The highest BCUT2D eigenvalue weighted by molar-refractivity contribution is 5.78. The number of hydrogen-bond acceptors (Lipinski definition) is 3. The van der Waals surface area contributed by atoms with E-state index in [4.69, 9.17) is 4.74 Å². The predicted octanol–water partition coefficient (Wildman–Crippen LogP) is 1.45. The zero-order valence-electron chi connectivity index (χ0n) is 11.0. The fourth-order valence-corrected chi connectivity index (χ4v) is 2.26. The molecule has 0 spiro atoms. The number of methoxy groups -OCH3 is 1. The lowest BCUT2D eigenvalue weighted by Crippen LogP contribution is -2.37. The lowest BCUT2D eigenvalue weighted by atomic mass is 9.97. The molecule has 1 amide bonds. The predicted molar refractivity (Wildman–Crippen MR) is 70.4 cm³/mol. The molecule has 0 unspecified atom stereocenters. The van der Waals surface area contributed by atoms with E-state index in [0.717, 1.165) is 25.9 Å². The average molecular weight is 266 g/mol. The molecule has 0 atom stereocenters. The van der Waals surface area contributed by atoms with E-state index in [1.165, 1.54) is 19.2 Å². The van der Waals surface area contributed by atoms with Gasteiger partial charge in [-0.05, 0) is 43.6 Å². The highest BCUT2D eigenvalue weighted by Gasteiger charge is 2.20. The molecule has 1 aliphatic heterocycles. The van der Waals surface area contributed by atoms with Gasteiger partial charge >= 0.3 is 0 Å². The monoisotopic (exact) mass is 266 g/mol. The topological polar surface area (TPSA) is 50.4 Å². The first-order chi connectivity index (χ1) is 9.19. The van der Waals surface area contributed by atoms with Gasteiger partial charge in [0.05, 0.1) is 7.11 Å². The highest BCUT2D eigenvalue weighted by atomic mass is 19.1. The lowest BCUT2D eigenvalue weighted by molar-refractivity contribution is -0.125. The molecule has 19 heavy (non-hydrogen) atoms. The van der Waals surface area contributed by atoms with Crippen molar-refractivity contribution in [2.45, 2.75) is 19.4 Å². The first kappa shape index (κ1) is 13.8. The van der Waals surface area contributed by atoms with E-state index in [0.29, 0.717) is 17.9 Å². The van der Waals surface area contributed by atoms with Crippen molar-refractivity contribution in [3.8, 4) is 5.75 Å². The zero-order chi connectivity index (χ0) is 13.7. The Bertz CT molecular complexity index is 445. The zero-order valence-corrected chi connectivity index (χ0v) is 11.0. The van der Waals surface area contributed by atoms with Crippen LogP contribution in [0.2, 0.25) is 0 Å². The van der Waals surface area contributed by atoms with Crippen LogP contribution < -0.4 is 15.4 Å². The SMILES string of the molecule is COc1cc(F)cc(CNC(=O)C2CCNCC2)c1. The minimum absolute atomic E-state index is 0.0460. The quantitative estimate of drug-likeness (QED) is 0.867. The summed E-state index contributed by atoms with van der Waals surface area (Å²) >= 11 is 0. The molecule has 1 heterocycles. The van der Waals surface area contributed by atoms with Crippen LogP contribution in [0.25, 0.3) is 0 Å². The van der Waals surface area contributed by atoms with Gasteiger partial charge in [0.2, 0.25) is 5.91 Å². The van der Waals surface area contributed by atoms with Crippen LogP contribution in [0.5, 0.6) is 5.75 Å². The van der Waals surface area contributed by atoms with E-state index in [1.54, 1.807) is 6.07 Å². The molecule has 1 saturated heterocycles. The van der Waals surface area contributed by atoms with Crippen LogP contribution in [0.1, 0.15) is 18.4 Å². The van der Waals surface area contributed by atoms with Crippen molar-refractivity contribution in [3.05, 3.63) is 29.6 Å². The van der Waals surface area contributed by atoms with Crippen molar-refractivity contribution >= 4 is 5.91 Å². The normalized spacial score (nSPS) is 16.1. The van der Waals surface area contributed by atoms with Gasteiger partial charge in [-0.25, -0.2) is 4.39 Å². The first-order valence-electron chi connectivity index (χ1n) is 6.51. The Balaban J connectivity index is 1.90. The van der Waals surface area contributed by atoms with Crippen LogP contribution in [0, 0.1) is 11.7 Å². The largest absolute Gasteiger partial charge is 0.497 e. The minimum atomic E-state index is -0.356. The second kappa shape index (κ2) is 6.52. The number of benzene rings is 1. The number of amides is 1. The molecule has 1 aromatic rings. The summed E-state index contributed by atoms with van der Waals surface area (Å²) in [7, 11) is 1.49. The van der Waals surface area contributed by atoms with Crippen molar-refractivity contribution in [1.82, 2.24) is 10.6 Å². The summed E-state index contributed by atoms with van der Waals surface area (Å²) in [5, 5.41) is 6.08. The minimum Gasteiger partial charge on any atom is -0.497 e. The van der Waals surface area contributed by atoms with Crippen LogP contribution in [-0.4, -0.2) is 26.1 Å². The summed E-state index contributed by atoms with van der Waals surface area (Å²) in [6.45, 7) is 2.09. The molecular weight excluding hydrogens is 247 g/mol. The molecule has 1 fully saturated rings. The number of carbonyl (C=O) groups excluding carboxylic acids is 1. The number of halogens is 1. The number of hydrogen-bond donors (Lipinski definition) is 2. The Hall–Kier alpha value is -1.62. The highest BCUT2D eigenvalue weighted by Crippen LogP contribution is 2.16. The Morgan fingerprint density at radius 3 is 2.84 bits per heavy atom. The van der Waals surface area contributed by atoms with E-state index in [2.05, 4.69) is 10.6 Å². The molecule has 1 aliphatic rings. The molecule has 0 aliphatic carbocycles. The maximum Gasteiger partial charge on any atom is 0.223 e. The fourth-order valence-electron chi connectivity index (χ4n) is 2.26. The number of carbonyl (C=O) groups is 1. The van der Waals surface area contributed by atoms with Crippen molar-refractivity contribution in [2.24, 2.45) is 5.92 Å². The van der Waals surface area contributed by atoms with Gasteiger partial charge in [0.25, 0.3) is 0 Å². The van der Waals surface area contributed by atoms with Gasteiger partial charge in [0, 0.05) is 18.5 Å². The molecule has 2 N–H and O–H groups in total. The Morgan fingerprint density at radius 2 is 2.16 bits per heavy atom. The summed E-state index contributed by atoms with van der Waals surface area (Å²) in [5.74, 6) is 0.220. The van der Waals surface area contributed by atoms with Crippen molar-refractivity contribution in [3.63, 3.8) is 0 Å². The van der Waals surface area contributed by atoms with E-state index < -0.39 is 0 Å². The first-order valence-corrected chi connectivity index (χ1v) is 6.51. The fraction of sp³-hybridized carbons (Fsp3) is 0.500. The molecule has 2 rings (SSSR count). The van der Waals surface area contributed by atoms with E-state index in [1.807, 2.05) is 0 Å². The summed E-state index contributed by atoms with van der Waals surface area (Å²) in [6, 6.07) is 4.45. The van der Waals surface area contributed by atoms with Crippen molar-refractivity contribution in [2.75, 3.05) is 20.2 Å². The van der Waals surface area contributed by atoms with Gasteiger partial charge in [-0.3, -0.25) is 4.79 Å². The Morgan fingerprint density at radius 1 is 1.42 bits per heavy atom. The number of piperidine rings is 1. The van der Waals surface area contributed by atoms with Gasteiger partial charge < -0.3 is 15.4 Å². The second-order valence-electron chi connectivity index (χ2n) is 4.74. The van der Waals surface area contributed by atoms with Gasteiger partial charge in [-0.2, -0.15) is 0 Å². The lowest BCUT2D eigenvalue weighted by Gasteiger charge is -2.21. The smallest absolute Gasteiger partial charge is 0.223 e. The third-order valence-electron chi connectivity index (χ3n) is 3.34. The van der Waals surface area contributed by atoms with Gasteiger partial charge in [-0.1, -0.05) is 0 Å². The molecule has 0 bridgehead atoms. The maximum atomic E-state index is 13.3. The molecule has 4 nitrogen and oxygen atoms in total. The van der Waals surface area contributed by atoms with Gasteiger partial charge in [-0.15, -0.1) is 0 Å². The summed E-state index contributed by atoms with van der Waals surface area (Å²) in [6.07, 6.45) is 1.72. The summed E-state index contributed by atoms with van der Waals surface area (Å²) < 4.78 is 18.3. The van der Waals surface area contributed by atoms with Crippen molar-refractivity contribution in [1.29, 1.82) is 0 Å². The average Bonchev–Trinajstić information content (AvgIpc) is 2.45. The number of nitrogens with one attached hydrogen (secondary N) is 2. The van der Waals surface area contributed by atoms with Crippen LogP contribution in [0.4, 0.5) is 4.39 Å². The Labute approximate surface area is 112 Å². The van der Waals surface area contributed by atoms with Crippen molar-refractivity contribution < 1.29 is 13.9 Å². The van der Waals surface area contributed by atoms with Gasteiger partial charge in [0.1, 0.15) is 11.6 Å². The van der Waals surface area contributed by atoms with E-state index >= 15 is 0 Å². The van der Waals surface area contributed by atoms with Gasteiger partial charge in [0.15, 0.2) is 0 Å². The van der Waals surface area contributed by atoms with Crippen LogP contribution >= 0.6 is 0 Å². The summed E-state index contributed by atoms with van der Waals surface area (Å²) in [5.41, 5.74) is 0.708. The van der Waals surface area contributed by atoms with Crippen LogP contribution in [0.3, 0.4) is 0 Å². The molecule has 1 aromatic carbocycles. The molecule has 0 aromatic heterocycles. The van der Waals surface area contributed by atoms with Crippen LogP contribution in [-0.2, 0) is 11.3 Å². The second-order valence-corrected chi connectivity index (χ2v) is 4.74. The number of rotatable bonds is 4.